The summed E-state index contributed by atoms with van der Waals surface area (Å²) in [6, 6.07) is 7.97. The fraction of sp³-hybridized carbons (Fsp3) is 0.467. The van der Waals surface area contributed by atoms with Crippen LogP contribution in [0.2, 0.25) is 5.02 Å². The van der Waals surface area contributed by atoms with Gasteiger partial charge >= 0.3 is 0 Å². The Bertz CT molecular complexity index is 373. The number of nitrogens with two attached hydrogens (primary N) is 1. The van der Waals surface area contributed by atoms with E-state index >= 15 is 0 Å². The van der Waals surface area contributed by atoms with E-state index in [-0.39, 0.29) is 5.54 Å². The SMILES string of the molecule is C/C=C/CCNC(C)(CN)Cc1ccc(Cl)cc1. The molecular weight excluding hydrogens is 244 g/mol. The predicted octanol–water partition coefficient (Wildman–Crippen LogP) is 3.16. The Morgan fingerprint density at radius 2 is 2.00 bits per heavy atom. The van der Waals surface area contributed by atoms with Crippen LogP contribution in [-0.2, 0) is 6.42 Å². The summed E-state index contributed by atoms with van der Waals surface area (Å²) >= 11 is 5.89. The second-order valence-corrected chi connectivity index (χ2v) is 5.29. The summed E-state index contributed by atoms with van der Waals surface area (Å²) in [7, 11) is 0. The van der Waals surface area contributed by atoms with Crippen molar-refractivity contribution in [2.45, 2.75) is 32.2 Å². The van der Waals surface area contributed by atoms with E-state index in [0.29, 0.717) is 6.54 Å². The molecule has 2 nitrogen and oxygen atoms in total. The number of benzene rings is 1. The lowest BCUT2D eigenvalue weighted by Crippen LogP contribution is -2.50. The van der Waals surface area contributed by atoms with Gasteiger partial charge in [0.2, 0.25) is 0 Å². The zero-order chi connectivity index (χ0) is 13.4. The van der Waals surface area contributed by atoms with Gasteiger partial charge in [-0.2, -0.15) is 0 Å². The van der Waals surface area contributed by atoms with Crippen LogP contribution in [0.3, 0.4) is 0 Å². The summed E-state index contributed by atoms with van der Waals surface area (Å²) < 4.78 is 0. The summed E-state index contributed by atoms with van der Waals surface area (Å²) in [4.78, 5) is 0. The maximum absolute atomic E-state index is 5.89. The Kier molecular flexibility index (Phi) is 6.41. The summed E-state index contributed by atoms with van der Waals surface area (Å²) in [5.41, 5.74) is 7.09. The molecule has 0 saturated heterocycles. The number of halogens is 1. The van der Waals surface area contributed by atoms with E-state index < -0.39 is 0 Å². The molecule has 1 rings (SSSR count). The van der Waals surface area contributed by atoms with E-state index in [1.807, 2.05) is 19.1 Å². The maximum atomic E-state index is 5.89. The first-order valence-electron chi connectivity index (χ1n) is 6.40. The van der Waals surface area contributed by atoms with Crippen LogP contribution in [0.4, 0.5) is 0 Å². The van der Waals surface area contributed by atoms with Crippen molar-refractivity contribution in [3.63, 3.8) is 0 Å². The van der Waals surface area contributed by atoms with Gasteiger partial charge in [-0.3, -0.25) is 0 Å². The molecule has 0 bridgehead atoms. The lowest BCUT2D eigenvalue weighted by atomic mass is 9.92. The monoisotopic (exact) mass is 266 g/mol. The average molecular weight is 267 g/mol. The minimum Gasteiger partial charge on any atom is -0.329 e. The zero-order valence-corrected chi connectivity index (χ0v) is 12.0. The van der Waals surface area contributed by atoms with Gasteiger partial charge in [0, 0.05) is 17.1 Å². The van der Waals surface area contributed by atoms with Crippen molar-refractivity contribution >= 4 is 11.6 Å². The van der Waals surface area contributed by atoms with E-state index in [1.54, 1.807) is 0 Å². The van der Waals surface area contributed by atoms with Gasteiger partial charge in [0.05, 0.1) is 0 Å². The highest BCUT2D eigenvalue weighted by atomic mass is 35.5. The van der Waals surface area contributed by atoms with Crippen molar-refractivity contribution in [2.24, 2.45) is 5.73 Å². The van der Waals surface area contributed by atoms with Crippen molar-refractivity contribution in [2.75, 3.05) is 13.1 Å². The lowest BCUT2D eigenvalue weighted by Gasteiger charge is -2.29. The molecule has 0 spiro atoms. The van der Waals surface area contributed by atoms with E-state index in [9.17, 15) is 0 Å². The average Bonchev–Trinajstić information content (AvgIpc) is 2.38. The highest BCUT2D eigenvalue weighted by Gasteiger charge is 2.21. The largest absolute Gasteiger partial charge is 0.329 e. The molecule has 0 heterocycles. The Morgan fingerprint density at radius 3 is 2.56 bits per heavy atom. The van der Waals surface area contributed by atoms with Gasteiger partial charge in [-0.15, -0.1) is 0 Å². The van der Waals surface area contributed by atoms with E-state index in [0.717, 1.165) is 24.4 Å². The molecule has 0 radical (unpaired) electrons. The van der Waals surface area contributed by atoms with Crippen LogP contribution in [0.5, 0.6) is 0 Å². The number of hydrogen-bond acceptors (Lipinski definition) is 2. The molecule has 3 N–H and O–H groups in total. The first-order chi connectivity index (χ1) is 8.59. The number of rotatable bonds is 7. The molecule has 0 aliphatic carbocycles. The molecule has 0 aromatic heterocycles. The third kappa shape index (κ3) is 5.21. The molecule has 0 saturated carbocycles. The Balaban J connectivity index is 2.55. The summed E-state index contributed by atoms with van der Waals surface area (Å²) in [5.74, 6) is 0. The Hall–Kier alpha value is -0.830. The third-order valence-electron chi connectivity index (χ3n) is 3.06. The third-order valence-corrected chi connectivity index (χ3v) is 3.31. The van der Waals surface area contributed by atoms with Gasteiger partial charge in [-0.1, -0.05) is 35.9 Å². The molecule has 3 heteroatoms. The Labute approximate surface area is 115 Å². The number of hydrogen-bond donors (Lipinski definition) is 2. The van der Waals surface area contributed by atoms with Crippen LogP contribution in [0, 0.1) is 0 Å². The maximum Gasteiger partial charge on any atom is 0.0406 e. The summed E-state index contributed by atoms with van der Waals surface area (Å²) in [6.07, 6.45) is 6.18. The molecule has 100 valence electrons. The van der Waals surface area contributed by atoms with Crippen LogP contribution >= 0.6 is 11.6 Å². The summed E-state index contributed by atoms with van der Waals surface area (Å²) in [6.45, 7) is 5.77. The Morgan fingerprint density at radius 1 is 1.33 bits per heavy atom. The van der Waals surface area contributed by atoms with Gasteiger partial charge in [-0.25, -0.2) is 0 Å². The fourth-order valence-corrected chi connectivity index (χ4v) is 2.01. The second-order valence-electron chi connectivity index (χ2n) is 4.85. The predicted molar refractivity (Wildman–Crippen MR) is 80.0 cm³/mol. The molecular formula is C15H23ClN2. The van der Waals surface area contributed by atoms with Crippen molar-refractivity contribution < 1.29 is 0 Å². The molecule has 0 fully saturated rings. The summed E-state index contributed by atoms with van der Waals surface area (Å²) in [5, 5.41) is 4.31. The van der Waals surface area contributed by atoms with Crippen LogP contribution in [0.15, 0.2) is 36.4 Å². The van der Waals surface area contributed by atoms with Gasteiger partial charge < -0.3 is 11.1 Å². The molecule has 0 amide bonds. The van der Waals surface area contributed by atoms with E-state index in [2.05, 4.69) is 36.5 Å². The van der Waals surface area contributed by atoms with Crippen LogP contribution < -0.4 is 11.1 Å². The van der Waals surface area contributed by atoms with Crippen LogP contribution in [0.25, 0.3) is 0 Å². The van der Waals surface area contributed by atoms with Crippen molar-refractivity contribution in [1.29, 1.82) is 0 Å². The highest BCUT2D eigenvalue weighted by Crippen LogP contribution is 2.15. The van der Waals surface area contributed by atoms with Gasteiger partial charge in [0.15, 0.2) is 0 Å². The van der Waals surface area contributed by atoms with Gasteiger partial charge in [0.25, 0.3) is 0 Å². The molecule has 1 atom stereocenters. The normalized spacial score (nSPS) is 14.9. The van der Waals surface area contributed by atoms with Crippen LogP contribution in [0.1, 0.15) is 25.8 Å². The lowest BCUT2D eigenvalue weighted by molar-refractivity contribution is 0.365. The van der Waals surface area contributed by atoms with Crippen molar-refractivity contribution in [1.82, 2.24) is 5.32 Å². The standard InChI is InChI=1S/C15H23ClN2/c1-3-4-5-10-18-15(2,12-17)11-13-6-8-14(16)9-7-13/h3-4,6-9,18H,5,10-12,17H2,1-2H3/b4-3+. The fourth-order valence-electron chi connectivity index (χ4n) is 1.88. The van der Waals surface area contributed by atoms with Crippen molar-refractivity contribution in [3.05, 3.63) is 47.0 Å². The number of allylic oxidation sites excluding steroid dienone is 1. The van der Waals surface area contributed by atoms with Gasteiger partial charge in [-0.05, 0) is 50.9 Å². The molecule has 18 heavy (non-hydrogen) atoms. The highest BCUT2D eigenvalue weighted by molar-refractivity contribution is 6.30. The topological polar surface area (TPSA) is 38.0 Å². The molecule has 1 aromatic carbocycles. The van der Waals surface area contributed by atoms with Crippen molar-refractivity contribution in [3.8, 4) is 0 Å². The van der Waals surface area contributed by atoms with E-state index in [1.165, 1.54) is 5.56 Å². The smallest absolute Gasteiger partial charge is 0.0406 e. The minimum atomic E-state index is -0.0601. The first-order valence-corrected chi connectivity index (χ1v) is 6.78. The van der Waals surface area contributed by atoms with Gasteiger partial charge in [0.1, 0.15) is 0 Å². The molecule has 0 aliphatic rings. The molecule has 1 unspecified atom stereocenters. The second kappa shape index (κ2) is 7.57. The first kappa shape index (κ1) is 15.2. The zero-order valence-electron chi connectivity index (χ0n) is 11.2. The molecule has 0 aliphatic heterocycles. The van der Waals surface area contributed by atoms with Crippen LogP contribution in [-0.4, -0.2) is 18.6 Å². The van der Waals surface area contributed by atoms with E-state index in [4.69, 9.17) is 17.3 Å². The molecule has 1 aromatic rings. The minimum absolute atomic E-state index is 0.0601. The quantitative estimate of drug-likeness (QED) is 0.588. The number of nitrogens with one attached hydrogen (secondary N) is 1.